The number of halogens is 1. The third-order valence-corrected chi connectivity index (χ3v) is 4.51. The van der Waals surface area contributed by atoms with Crippen LogP contribution in [0.2, 0.25) is 0 Å². The van der Waals surface area contributed by atoms with Gasteiger partial charge in [0.15, 0.2) is 0 Å². The third kappa shape index (κ3) is 2.81. The Bertz CT molecular complexity index is 708. The van der Waals surface area contributed by atoms with Crippen LogP contribution in [0.1, 0.15) is 39.6 Å². The minimum absolute atomic E-state index is 0.0900. The highest BCUT2D eigenvalue weighted by atomic mass is 35.5. The van der Waals surface area contributed by atoms with Gasteiger partial charge < -0.3 is 5.32 Å². The number of aryl methyl sites for hydroxylation is 3. The number of nitrogens with one attached hydrogen (secondary N) is 1. The molecular formula is C18H18ClNO. The van der Waals surface area contributed by atoms with Gasteiger partial charge >= 0.3 is 0 Å². The van der Waals surface area contributed by atoms with Gasteiger partial charge in [0.05, 0.1) is 5.38 Å². The summed E-state index contributed by atoms with van der Waals surface area (Å²) in [5.74, 6) is 0.0900. The van der Waals surface area contributed by atoms with Gasteiger partial charge in [0, 0.05) is 12.1 Å². The molecule has 1 aliphatic heterocycles. The van der Waals surface area contributed by atoms with Gasteiger partial charge in [-0.3, -0.25) is 4.79 Å². The molecule has 0 saturated carbocycles. The van der Waals surface area contributed by atoms with Crippen molar-refractivity contribution in [1.29, 1.82) is 0 Å². The first-order chi connectivity index (χ1) is 10.0. The molecule has 0 fully saturated rings. The second-order valence-corrected chi connectivity index (χ2v) is 6.12. The maximum atomic E-state index is 11.4. The number of hydrogen-bond acceptors (Lipinski definition) is 1. The molecule has 1 unspecified atom stereocenters. The summed E-state index contributed by atoms with van der Waals surface area (Å²) < 4.78 is 0. The van der Waals surface area contributed by atoms with Crippen LogP contribution in [0.3, 0.4) is 0 Å². The van der Waals surface area contributed by atoms with E-state index in [2.05, 4.69) is 43.4 Å². The number of anilines is 1. The molecule has 1 N–H and O–H groups in total. The summed E-state index contributed by atoms with van der Waals surface area (Å²) >= 11 is 6.69. The van der Waals surface area contributed by atoms with Gasteiger partial charge in [-0.25, -0.2) is 0 Å². The summed E-state index contributed by atoms with van der Waals surface area (Å²) in [6.45, 7) is 4.16. The molecule has 21 heavy (non-hydrogen) atoms. The van der Waals surface area contributed by atoms with Gasteiger partial charge in [-0.1, -0.05) is 35.9 Å². The minimum atomic E-state index is -0.159. The molecule has 0 radical (unpaired) electrons. The summed E-state index contributed by atoms with van der Waals surface area (Å²) in [5, 5.41) is 2.74. The van der Waals surface area contributed by atoms with E-state index < -0.39 is 0 Å². The Hall–Kier alpha value is -1.80. The monoisotopic (exact) mass is 299 g/mol. The smallest absolute Gasteiger partial charge is 0.224 e. The lowest BCUT2D eigenvalue weighted by molar-refractivity contribution is -0.116. The van der Waals surface area contributed by atoms with Gasteiger partial charge in [0.2, 0.25) is 5.91 Å². The van der Waals surface area contributed by atoms with Crippen LogP contribution in [0.15, 0.2) is 36.4 Å². The summed E-state index contributed by atoms with van der Waals surface area (Å²) in [6.07, 6.45) is 1.33. The minimum Gasteiger partial charge on any atom is -0.326 e. The fraction of sp³-hybridized carbons (Fsp3) is 0.278. The predicted octanol–water partition coefficient (Wildman–Crippen LogP) is 4.52. The zero-order valence-corrected chi connectivity index (χ0v) is 13.0. The fourth-order valence-electron chi connectivity index (χ4n) is 2.77. The lowest BCUT2D eigenvalue weighted by Crippen LogP contribution is -2.19. The highest BCUT2D eigenvalue weighted by Gasteiger charge is 2.18. The zero-order chi connectivity index (χ0) is 15.0. The van der Waals surface area contributed by atoms with E-state index in [1.54, 1.807) is 0 Å². The molecule has 0 aromatic heterocycles. The second kappa shape index (κ2) is 5.53. The summed E-state index contributed by atoms with van der Waals surface area (Å²) in [4.78, 5) is 11.4. The maximum absolute atomic E-state index is 11.4. The molecular weight excluding hydrogens is 282 g/mol. The summed E-state index contributed by atoms with van der Waals surface area (Å²) in [5.41, 5.74) is 6.73. The largest absolute Gasteiger partial charge is 0.326 e. The Kier molecular flexibility index (Phi) is 3.73. The first-order valence-electron chi connectivity index (χ1n) is 7.18. The molecule has 1 aliphatic rings. The molecule has 108 valence electrons. The van der Waals surface area contributed by atoms with Crippen LogP contribution in [0, 0.1) is 13.8 Å². The normalized spacial score (nSPS) is 15.3. The highest BCUT2D eigenvalue weighted by Crippen LogP contribution is 2.34. The molecule has 1 heterocycles. The Morgan fingerprint density at radius 2 is 1.90 bits per heavy atom. The molecule has 2 nitrogen and oxygen atoms in total. The van der Waals surface area contributed by atoms with E-state index in [0.29, 0.717) is 6.42 Å². The third-order valence-electron chi connectivity index (χ3n) is 4.03. The van der Waals surface area contributed by atoms with Crippen molar-refractivity contribution in [3.05, 3.63) is 64.2 Å². The molecule has 2 aromatic carbocycles. The van der Waals surface area contributed by atoms with Crippen molar-refractivity contribution in [3.63, 3.8) is 0 Å². The second-order valence-electron chi connectivity index (χ2n) is 5.69. The van der Waals surface area contributed by atoms with Crippen molar-refractivity contribution >= 4 is 23.2 Å². The Labute approximate surface area is 130 Å². The first kappa shape index (κ1) is 14.2. The Morgan fingerprint density at radius 1 is 1.10 bits per heavy atom. The quantitative estimate of drug-likeness (QED) is 0.812. The Balaban J connectivity index is 1.97. The number of alkyl halides is 1. The first-order valence-corrected chi connectivity index (χ1v) is 7.62. The van der Waals surface area contributed by atoms with Crippen LogP contribution in [0.5, 0.6) is 0 Å². The average molecular weight is 300 g/mol. The number of amides is 1. The van der Waals surface area contributed by atoms with Gasteiger partial charge in [-0.05, 0) is 48.6 Å². The van der Waals surface area contributed by atoms with Crippen LogP contribution in [0.4, 0.5) is 5.69 Å². The van der Waals surface area contributed by atoms with Crippen LogP contribution < -0.4 is 5.32 Å². The van der Waals surface area contributed by atoms with E-state index in [1.165, 1.54) is 16.7 Å². The molecule has 0 spiro atoms. The lowest BCUT2D eigenvalue weighted by Gasteiger charge is -2.20. The highest BCUT2D eigenvalue weighted by molar-refractivity contribution is 6.22. The topological polar surface area (TPSA) is 29.1 Å². The van der Waals surface area contributed by atoms with E-state index in [9.17, 15) is 4.79 Å². The zero-order valence-electron chi connectivity index (χ0n) is 12.2. The van der Waals surface area contributed by atoms with E-state index in [-0.39, 0.29) is 11.3 Å². The molecule has 0 saturated heterocycles. The summed E-state index contributed by atoms with van der Waals surface area (Å²) in [6, 6.07) is 12.4. The van der Waals surface area contributed by atoms with E-state index >= 15 is 0 Å². The van der Waals surface area contributed by atoms with Crippen molar-refractivity contribution in [1.82, 2.24) is 0 Å². The van der Waals surface area contributed by atoms with E-state index in [0.717, 1.165) is 23.2 Å². The van der Waals surface area contributed by atoms with Gasteiger partial charge in [-0.2, -0.15) is 0 Å². The van der Waals surface area contributed by atoms with Crippen LogP contribution in [0.25, 0.3) is 0 Å². The van der Waals surface area contributed by atoms with E-state index in [4.69, 9.17) is 11.6 Å². The molecule has 0 bridgehead atoms. The number of carbonyl (C=O) groups excluding carboxylic acids is 1. The standard InChI is InChI=1S/C18H18ClNO/c1-11-3-4-12(2)15(9-11)18(19)14-5-7-16-13(10-14)6-8-17(21)20-16/h3-5,7,9-10,18H,6,8H2,1-2H3,(H,20,21). The average Bonchev–Trinajstić information content (AvgIpc) is 2.48. The van der Waals surface area contributed by atoms with Crippen molar-refractivity contribution in [2.24, 2.45) is 0 Å². The van der Waals surface area contributed by atoms with Gasteiger partial charge in [0.1, 0.15) is 0 Å². The Morgan fingerprint density at radius 3 is 2.71 bits per heavy atom. The molecule has 1 amide bonds. The van der Waals surface area contributed by atoms with Crippen molar-refractivity contribution < 1.29 is 4.79 Å². The molecule has 3 heteroatoms. The van der Waals surface area contributed by atoms with E-state index in [1.807, 2.05) is 12.1 Å². The molecule has 0 aliphatic carbocycles. The van der Waals surface area contributed by atoms with Crippen LogP contribution in [-0.4, -0.2) is 5.91 Å². The number of fused-ring (bicyclic) bond motifs is 1. The number of benzene rings is 2. The molecule has 2 aromatic rings. The number of rotatable bonds is 2. The van der Waals surface area contributed by atoms with Crippen molar-refractivity contribution in [3.8, 4) is 0 Å². The van der Waals surface area contributed by atoms with Crippen LogP contribution >= 0.6 is 11.6 Å². The van der Waals surface area contributed by atoms with Gasteiger partial charge in [0.25, 0.3) is 0 Å². The molecule has 3 rings (SSSR count). The van der Waals surface area contributed by atoms with Crippen molar-refractivity contribution in [2.45, 2.75) is 32.1 Å². The molecule has 1 atom stereocenters. The number of carbonyl (C=O) groups is 1. The predicted molar refractivity (Wildman–Crippen MR) is 87.0 cm³/mol. The maximum Gasteiger partial charge on any atom is 0.224 e. The lowest BCUT2D eigenvalue weighted by atomic mass is 9.94. The fourth-order valence-corrected chi connectivity index (χ4v) is 3.14. The SMILES string of the molecule is Cc1ccc(C)c(C(Cl)c2ccc3c(c2)CCC(=O)N3)c1. The summed E-state index contributed by atoms with van der Waals surface area (Å²) in [7, 11) is 0. The van der Waals surface area contributed by atoms with Crippen molar-refractivity contribution in [2.75, 3.05) is 5.32 Å². The van der Waals surface area contributed by atoms with Crippen LogP contribution in [-0.2, 0) is 11.2 Å². The number of hydrogen-bond donors (Lipinski definition) is 1. The van der Waals surface area contributed by atoms with Gasteiger partial charge in [-0.15, -0.1) is 11.6 Å².